The van der Waals surface area contributed by atoms with Gasteiger partial charge < -0.3 is 16.0 Å². The number of nitrogens with one attached hydrogen (secondary N) is 3. The van der Waals surface area contributed by atoms with Crippen molar-refractivity contribution in [1.29, 1.82) is 0 Å². The van der Waals surface area contributed by atoms with Gasteiger partial charge in [-0.1, -0.05) is 12.5 Å². The summed E-state index contributed by atoms with van der Waals surface area (Å²) in [5.41, 5.74) is 0.909. The van der Waals surface area contributed by atoms with Gasteiger partial charge in [0.1, 0.15) is 5.82 Å². The predicted molar refractivity (Wildman–Crippen MR) is 95.1 cm³/mol. The number of benzene rings is 1. The lowest BCUT2D eigenvalue weighted by Gasteiger charge is -2.16. The van der Waals surface area contributed by atoms with Crippen LogP contribution < -0.4 is 16.0 Å². The second-order valence-electron chi connectivity index (χ2n) is 6.88. The molecule has 26 heavy (non-hydrogen) atoms. The van der Waals surface area contributed by atoms with Crippen molar-refractivity contribution < 1.29 is 22.4 Å². The number of urea groups is 1. The zero-order valence-corrected chi connectivity index (χ0v) is 15.2. The number of hydrogen-bond acceptors (Lipinski definition) is 4. The SMILES string of the molecule is Cc1ccc(NC(=O)CCCC[C@@H]2[C@@H]3NC(=O)N[C@H]3CS2(=O)=O)cc1F. The standard InChI is InChI=1S/C17H22FN3O4S/c1-10-6-7-11(8-12(10)18)19-15(22)5-3-2-4-14-16-13(9-26(14,24)25)20-17(23)21-16/h6-8,13-14,16H,2-5,9H2,1H3,(H,19,22)(H2,20,21,23)/t13-,14+,16+/m0/s1. The summed E-state index contributed by atoms with van der Waals surface area (Å²) in [4.78, 5) is 23.3. The summed E-state index contributed by atoms with van der Waals surface area (Å²) in [7, 11) is -3.25. The Morgan fingerprint density at radius 2 is 2.08 bits per heavy atom. The minimum atomic E-state index is -3.25. The molecule has 3 atom stereocenters. The molecule has 3 amide bonds. The first-order chi connectivity index (χ1) is 12.3. The van der Waals surface area contributed by atoms with Crippen LogP contribution in [0.2, 0.25) is 0 Å². The van der Waals surface area contributed by atoms with Gasteiger partial charge in [-0.05, 0) is 37.5 Å². The number of amides is 3. The van der Waals surface area contributed by atoms with E-state index in [2.05, 4.69) is 16.0 Å². The van der Waals surface area contributed by atoms with Crippen LogP contribution in [0.4, 0.5) is 14.9 Å². The molecule has 2 saturated heterocycles. The third-order valence-corrected chi connectivity index (χ3v) is 7.19. The van der Waals surface area contributed by atoms with E-state index in [1.54, 1.807) is 19.1 Å². The molecule has 3 rings (SSSR count). The van der Waals surface area contributed by atoms with E-state index in [1.807, 2.05) is 0 Å². The third kappa shape index (κ3) is 3.98. The van der Waals surface area contributed by atoms with Crippen LogP contribution in [0, 0.1) is 12.7 Å². The number of hydrogen-bond donors (Lipinski definition) is 3. The maximum atomic E-state index is 13.5. The molecule has 1 aromatic carbocycles. The highest BCUT2D eigenvalue weighted by molar-refractivity contribution is 7.92. The number of unbranched alkanes of at least 4 members (excludes halogenated alkanes) is 1. The summed E-state index contributed by atoms with van der Waals surface area (Å²) in [5.74, 6) is -0.659. The topological polar surface area (TPSA) is 104 Å². The van der Waals surface area contributed by atoms with Crippen molar-refractivity contribution in [2.45, 2.75) is 49.9 Å². The number of anilines is 1. The molecule has 0 spiro atoms. The second kappa shape index (κ2) is 7.22. The van der Waals surface area contributed by atoms with Gasteiger partial charge in [0.2, 0.25) is 5.91 Å². The zero-order chi connectivity index (χ0) is 18.9. The number of carbonyl (C=O) groups is 2. The minimum absolute atomic E-state index is 0.0411. The molecule has 0 aromatic heterocycles. The van der Waals surface area contributed by atoms with Crippen LogP contribution in [-0.2, 0) is 14.6 Å². The lowest BCUT2D eigenvalue weighted by Crippen LogP contribution is -2.39. The van der Waals surface area contributed by atoms with Crippen LogP contribution in [0.5, 0.6) is 0 Å². The Kier molecular flexibility index (Phi) is 5.17. The van der Waals surface area contributed by atoms with Gasteiger partial charge in [0.25, 0.3) is 0 Å². The first kappa shape index (κ1) is 18.6. The van der Waals surface area contributed by atoms with Crippen molar-refractivity contribution in [2.24, 2.45) is 0 Å². The fourth-order valence-electron chi connectivity index (χ4n) is 3.53. The van der Waals surface area contributed by atoms with E-state index in [4.69, 9.17) is 0 Å². The van der Waals surface area contributed by atoms with E-state index >= 15 is 0 Å². The number of fused-ring (bicyclic) bond motifs is 1. The molecule has 0 bridgehead atoms. The molecule has 0 unspecified atom stereocenters. The average Bonchev–Trinajstić information content (AvgIpc) is 2.99. The Labute approximate surface area is 151 Å². The van der Waals surface area contributed by atoms with Crippen molar-refractivity contribution in [2.75, 3.05) is 11.1 Å². The van der Waals surface area contributed by atoms with E-state index in [-0.39, 0.29) is 36.0 Å². The molecular weight excluding hydrogens is 361 g/mol. The van der Waals surface area contributed by atoms with Crippen LogP contribution in [0.15, 0.2) is 18.2 Å². The maximum absolute atomic E-state index is 13.5. The van der Waals surface area contributed by atoms with Crippen LogP contribution in [0.25, 0.3) is 0 Å². The number of rotatable bonds is 6. The molecule has 3 N–H and O–H groups in total. The zero-order valence-electron chi connectivity index (χ0n) is 14.4. The van der Waals surface area contributed by atoms with Crippen LogP contribution in [-0.4, -0.2) is 43.4 Å². The number of carbonyl (C=O) groups excluding carboxylic acids is 2. The highest BCUT2D eigenvalue weighted by atomic mass is 32.2. The summed E-state index contributed by atoms with van der Waals surface area (Å²) < 4.78 is 37.9. The van der Waals surface area contributed by atoms with E-state index in [0.29, 0.717) is 30.5 Å². The lowest BCUT2D eigenvalue weighted by atomic mass is 10.0. The maximum Gasteiger partial charge on any atom is 0.315 e. The molecule has 2 aliphatic heterocycles. The Balaban J connectivity index is 1.45. The van der Waals surface area contributed by atoms with Gasteiger partial charge in [-0.25, -0.2) is 17.6 Å². The van der Waals surface area contributed by atoms with Crippen LogP contribution in [0.1, 0.15) is 31.2 Å². The Morgan fingerprint density at radius 3 is 2.81 bits per heavy atom. The fourth-order valence-corrected chi connectivity index (χ4v) is 5.80. The van der Waals surface area contributed by atoms with Crippen LogP contribution >= 0.6 is 0 Å². The predicted octanol–water partition coefficient (Wildman–Crippen LogP) is 1.48. The first-order valence-corrected chi connectivity index (χ1v) is 10.3. The Bertz CT molecular complexity index is 827. The summed E-state index contributed by atoms with van der Waals surface area (Å²) in [6.45, 7) is 1.64. The van der Waals surface area contributed by atoms with Crippen molar-refractivity contribution in [3.8, 4) is 0 Å². The smallest absolute Gasteiger partial charge is 0.315 e. The average molecular weight is 383 g/mol. The van der Waals surface area contributed by atoms with Gasteiger partial charge >= 0.3 is 6.03 Å². The molecule has 2 fully saturated rings. The molecule has 142 valence electrons. The summed E-state index contributed by atoms with van der Waals surface area (Å²) in [6, 6.07) is 3.42. The minimum Gasteiger partial charge on any atom is -0.332 e. The van der Waals surface area contributed by atoms with Crippen molar-refractivity contribution in [1.82, 2.24) is 10.6 Å². The van der Waals surface area contributed by atoms with E-state index in [0.717, 1.165) is 0 Å². The monoisotopic (exact) mass is 383 g/mol. The number of halogens is 1. The van der Waals surface area contributed by atoms with Gasteiger partial charge in [-0.3, -0.25) is 4.79 Å². The summed E-state index contributed by atoms with van der Waals surface area (Å²) >= 11 is 0. The normalized spacial score (nSPS) is 26.1. The first-order valence-electron chi connectivity index (χ1n) is 8.61. The Hall–Kier alpha value is -2.16. The summed E-state index contributed by atoms with van der Waals surface area (Å²) in [5, 5.41) is 7.31. The fraction of sp³-hybridized carbons (Fsp3) is 0.529. The molecule has 2 heterocycles. The number of sulfone groups is 1. The van der Waals surface area contributed by atoms with Gasteiger partial charge in [-0.15, -0.1) is 0 Å². The molecule has 0 radical (unpaired) electrons. The van der Waals surface area contributed by atoms with Crippen LogP contribution in [0.3, 0.4) is 0 Å². The molecule has 9 heteroatoms. The lowest BCUT2D eigenvalue weighted by molar-refractivity contribution is -0.116. The molecule has 0 aliphatic carbocycles. The molecule has 1 aromatic rings. The van der Waals surface area contributed by atoms with Gasteiger partial charge in [-0.2, -0.15) is 0 Å². The van der Waals surface area contributed by atoms with Gasteiger partial charge in [0.15, 0.2) is 9.84 Å². The van der Waals surface area contributed by atoms with Crippen molar-refractivity contribution in [3.63, 3.8) is 0 Å². The highest BCUT2D eigenvalue weighted by Crippen LogP contribution is 2.28. The Morgan fingerprint density at radius 1 is 1.31 bits per heavy atom. The van der Waals surface area contributed by atoms with Gasteiger partial charge in [0, 0.05) is 12.1 Å². The number of aryl methyl sites for hydroxylation is 1. The highest BCUT2D eigenvalue weighted by Gasteiger charge is 2.51. The molecule has 2 aliphatic rings. The largest absolute Gasteiger partial charge is 0.332 e. The quantitative estimate of drug-likeness (QED) is 0.511. The summed E-state index contributed by atoms with van der Waals surface area (Å²) in [6.07, 6.45) is 1.70. The van der Waals surface area contributed by atoms with Crippen molar-refractivity contribution >= 4 is 27.5 Å². The van der Waals surface area contributed by atoms with Gasteiger partial charge in [0.05, 0.1) is 23.1 Å². The van der Waals surface area contributed by atoms with E-state index in [1.165, 1.54) is 6.07 Å². The molecular formula is C17H22FN3O4S. The van der Waals surface area contributed by atoms with E-state index in [9.17, 15) is 22.4 Å². The van der Waals surface area contributed by atoms with Crippen molar-refractivity contribution in [3.05, 3.63) is 29.6 Å². The second-order valence-corrected chi connectivity index (χ2v) is 9.14. The molecule has 7 nitrogen and oxygen atoms in total. The third-order valence-electron chi connectivity index (χ3n) is 4.92. The van der Waals surface area contributed by atoms with E-state index < -0.39 is 21.1 Å². The molecule has 0 saturated carbocycles.